The summed E-state index contributed by atoms with van der Waals surface area (Å²) in [6.07, 6.45) is 0.250. The molecule has 1 rings (SSSR count). The highest BCUT2D eigenvalue weighted by Gasteiger charge is 2.29. The van der Waals surface area contributed by atoms with E-state index in [1.807, 2.05) is 13.8 Å². The van der Waals surface area contributed by atoms with Gasteiger partial charge in [-0.15, -0.1) is 0 Å². The molecule has 0 saturated heterocycles. The van der Waals surface area contributed by atoms with Crippen LogP contribution in [0.5, 0.6) is 5.75 Å². The van der Waals surface area contributed by atoms with Crippen LogP contribution in [0.25, 0.3) is 0 Å². The summed E-state index contributed by atoms with van der Waals surface area (Å²) in [7, 11) is 0. The number of benzene rings is 1. The standard InChI is InChI=1S/C12H17NO3/c1-7-4-9(14)5-8(2)10(7)6-12(3,13)11(15)16/h4-5,14H,6,13H2,1-3H3,(H,15,16)/t12-/m0/s1. The predicted octanol–water partition coefficient (Wildman–Crippen LogP) is 1.35. The fourth-order valence-electron chi connectivity index (χ4n) is 1.69. The fraction of sp³-hybridized carbons (Fsp3) is 0.417. The number of nitrogens with two attached hydrogens (primary N) is 1. The summed E-state index contributed by atoms with van der Waals surface area (Å²) >= 11 is 0. The van der Waals surface area contributed by atoms with Gasteiger partial charge in [0.25, 0.3) is 0 Å². The Hall–Kier alpha value is -1.55. The van der Waals surface area contributed by atoms with Gasteiger partial charge in [0.15, 0.2) is 0 Å². The Morgan fingerprint density at radius 2 is 1.81 bits per heavy atom. The van der Waals surface area contributed by atoms with Gasteiger partial charge in [-0.05, 0) is 49.6 Å². The van der Waals surface area contributed by atoms with Crippen LogP contribution in [0.15, 0.2) is 12.1 Å². The molecular formula is C12H17NO3. The Morgan fingerprint density at radius 3 is 2.19 bits per heavy atom. The van der Waals surface area contributed by atoms with E-state index in [1.54, 1.807) is 12.1 Å². The molecule has 0 aliphatic carbocycles. The number of carboxylic acids is 1. The second-order valence-corrected chi connectivity index (χ2v) is 4.46. The van der Waals surface area contributed by atoms with Crippen LogP contribution in [-0.4, -0.2) is 21.7 Å². The van der Waals surface area contributed by atoms with E-state index >= 15 is 0 Å². The van der Waals surface area contributed by atoms with E-state index in [-0.39, 0.29) is 12.2 Å². The van der Waals surface area contributed by atoms with Gasteiger partial charge in [0.2, 0.25) is 0 Å². The number of aliphatic carboxylic acids is 1. The van der Waals surface area contributed by atoms with Crippen LogP contribution >= 0.6 is 0 Å². The van der Waals surface area contributed by atoms with Crippen molar-refractivity contribution < 1.29 is 15.0 Å². The quantitative estimate of drug-likeness (QED) is 0.722. The van der Waals surface area contributed by atoms with Crippen molar-refractivity contribution in [2.75, 3.05) is 0 Å². The molecule has 1 aromatic carbocycles. The number of carbonyl (C=O) groups is 1. The van der Waals surface area contributed by atoms with Gasteiger partial charge in [0.05, 0.1) is 0 Å². The van der Waals surface area contributed by atoms with Crippen molar-refractivity contribution in [1.82, 2.24) is 0 Å². The third kappa shape index (κ3) is 2.52. The number of hydrogen-bond acceptors (Lipinski definition) is 3. The lowest BCUT2D eigenvalue weighted by Crippen LogP contribution is -2.47. The maximum absolute atomic E-state index is 10.9. The zero-order valence-electron chi connectivity index (χ0n) is 9.74. The molecule has 0 amide bonds. The zero-order chi connectivity index (χ0) is 12.5. The van der Waals surface area contributed by atoms with E-state index in [1.165, 1.54) is 6.92 Å². The lowest BCUT2D eigenvalue weighted by molar-refractivity contribution is -0.142. The number of aryl methyl sites for hydroxylation is 2. The monoisotopic (exact) mass is 223 g/mol. The Bertz CT molecular complexity index is 401. The zero-order valence-corrected chi connectivity index (χ0v) is 9.74. The molecule has 1 atom stereocenters. The number of carboxylic acid groups (broad SMARTS) is 1. The molecule has 1 aromatic rings. The molecule has 4 N–H and O–H groups in total. The summed E-state index contributed by atoms with van der Waals surface area (Å²) in [5.74, 6) is -0.841. The smallest absolute Gasteiger partial charge is 0.323 e. The molecule has 0 spiro atoms. The van der Waals surface area contributed by atoms with Crippen molar-refractivity contribution in [3.8, 4) is 5.75 Å². The van der Waals surface area contributed by atoms with Crippen LogP contribution in [0.1, 0.15) is 23.6 Å². The van der Waals surface area contributed by atoms with Crippen molar-refractivity contribution in [1.29, 1.82) is 0 Å². The Morgan fingerprint density at radius 1 is 1.38 bits per heavy atom. The number of phenols is 1. The average molecular weight is 223 g/mol. The van der Waals surface area contributed by atoms with Crippen LogP contribution in [0, 0.1) is 13.8 Å². The van der Waals surface area contributed by atoms with Crippen LogP contribution in [0.2, 0.25) is 0 Å². The minimum atomic E-state index is -1.29. The van der Waals surface area contributed by atoms with Crippen molar-refractivity contribution in [2.24, 2.45) is 5.73 Å². The van der Waals surface area contributed by atoms with E-state index in [0.717, 1.165) is 16.7 Å². The number of aromatic hydroxyl groups is 1. The van der Waals surface area contributed by atoms with E-state index in [0.29, 0.717) is 0 Å². The molecule has 0 unspecified atom stereocenters. The molecule has 0 fully saturated rings. The molecule has 16 heavy (non-hydrogen) atoms. The van der Waals surface area contributed by atoms with Crippen molar-refractivity contribution >= 4 is 5.97 Å². The van der Waals surface area contributed by atoms with Gasteiger partial charge in [-0.2, -0.15) is 0 Å². The fourth-order valence-corrected chi connectivity index (χ4v) is 1.69. The summed E-state index contributed by atoms with van der Waals surface area (Å²) in [6, 6.07) is 3.22. The Labute approximate surface area is 94.7 Å². The van der Waals surface area contributed by atoms with Crippen LogP contribution in [0.4, 0.5) is 0 Å². The second kappa shape index (κ2) is 4.14. The summed E-state index contributed by atoms with van der Waals surface area (Å²) in [4.78, 5) is 10.9. The van der Waals surface area contributed by atoms with E-state index in [9.17, 15) is 9.90 Å². The largest absolute Gasteiger partial charge is 0.508 e. The normalized spacial score (nSPS) is 14.5. The van der Waals surface area contributed by atoms with Gasteiger partial charge >= 0.3 is 5.97 Å². The second-order valence-electron chi connectivity index (χ2n) is 4.46. The van der Waals surface area contributed by atoms with Gasteiger partial charge in [-0.3, -0.25) is 4.79 Å². The summed E-state index contributed by atoms with van der Waals surface area (Å²) < 4.78 is 0. The Balaban J connectivity index is 3.11. The first-order valence-electron chi connectivity index (χ1n) is 5.05. The molecule has 0 heterocycles. The lowest BCUT2D eigenvalue weighted by Gasteiger charge is -2.21. The maximum Gasteiger partial charge on any atom is 0.323 e. The van der Waals surface area contributed by atoms with E-state index in [4.69, 9.17) is 10.8 Å². The molecular weight excluding hydrogens is 206 g/mol. The topological polar surface area (TPSA) is 83.5 Å². The highest BCUT2D eigenvalue weighted by atomic mass is 16.4. The van der Waals surface area contributed by atoms with Gasteiger partial charge in [-0.25, -0.2) is 0 Å². The number of hydrogen-bond donors (Lipinski definition) is 3. The highest BCUT2D eigenvalue weighted by Crippen LogP contribution is 2.24. The minimum absolute atomic E-state index is 0.188. The molecule has 0 aliphatic heterocycles. The SMILES string of the molecule is Cc1cc(O)cc(C)c1C[C@](C)(N)C(=O)O. The summed E-state index contributed by atoms with van der Waals surface area (Å²) in [5.41, 5.74) is 7.01. The minimum Gasteiger partial charge on any atom is -0.508 e. The van der Waals surface area contributed by atoms with Crippen LogP contribution in [0.3, 0.4) is 0 Å². The Kier molecular flexibility index (Phi) is 3.24. The van der Waals surface area contributed by atoms with Crippen LogP contribution < -0.4 is 5.73 Å². The molecule has 0 saturated carbocycles. The third-order valence-electron chi connectivity index (χ3n) is 2.71. The van der Waals surface area contributed by atoms with E-state index < -0.39 is 11.5 Å². The molecule has 0 aliphatic rings. The summed E-state index contributed by atoms with van der Waals surface area (Å²) in [6.45, 7) is 5.15. The molecule has 0 bridgehead atoms. The van der Waals surface area contributed by atoms with Crippen molar-refractivity contribution in [3.63, 3.8) is 0 Å². The van der Waals surface area contributed by atoms with Gasteiger partial charge in [0, 0.05) is 6.42 Å². The van der Waals surface area contributed by atoms with Crippen LogP contribution in [-0.2, 0) is 11.2 Å². The molecule has 0 aromatic heterocycles. The van der Waals surface area contributed by atoms with Gasteiger partial charge < -0.3 is 15.9 Å². The highest BCUT2D eigenvalue weighted by molar-refractivity contribution is 5.78. The number of rotatable bonds is 3. The summed E-state index contributed by atoms with van der Waals surface area (Å²) in [5, 5.41) is 18.3. The molecule has 0 radical (unpaired) electrons. The maximum atomic E-state index is 10.9. The lowest BCUT2D eigenvalue weighted by atomic mass is 9.89. The first-order valence-corrected chi connectivity index (χ1v) is 5.05. The van der Waals surface area contributed by atoms with Crippen molar-refractivity contribution in [3.05, 3.63) is 28.8 Å². The van der Waals surface area contributed by atoms with Crippen molar-refractivity contribution in [2.45, 2.75) is 32.7 Å². The molecule has 88 valence electrons. The average Bonchev–Trinajstić information content (AvgIpc) is 2.11. The molecule has 4 nitrogen and oxygen atoms in total. The van der Waals surface area contributed by atoms with E-state index in [2.05, 4.69) is 0 Å². The predicted molar refractivity (Wildman–Crippen MR) is 61.5 cm³/mol. The third-order valence-corrected chi connectivity index (χ3v) is 2.71. The molecule has 4 heteroatoms. The van der Waals surface area contributed by atoms with Gasteiger partial charge in [-0.1, -0.05) is 0 Å². The first-order chi connectivity index (χ1) is 7.24. The number of phenolic OH excluding ortho intramolecular Hbond substituents is 1. The van der Waals surface area contributed by atoms with Gasteiger partial charge in [0.1, 0.15) is 11.3 Å². The first kappa shape index (κ1) is 12.5.